The van der Waals surface area contributed by atoms with Gasteiger partial charge in [0.1, 0.15) is 11.5 Å². The van der Waals surface area contributed by atoms with Gasteiger partial charge in [-0.1, -0.05) is 24.1 Å². The third-order valence-electron chi connectivity index (χ3n) is 4.75. The highest BCUT2D eigenvalue weighted by molar-refractivity contribution is 7.93. The van der Waals surface area contributed by atoms with Crippen LogP contribution in [0.3, 0.4) is 0 Å². The number of hydroxylamine groups is 1. The Morgan fingerprint density at radius 2 is 1.82 bits per heavy atom. The monoisotopic (exact) mass is 400 g/mol. The number of hydrogen-bond acceptors (Lipinski definition) is 6. The number of hydrogen-bond donors (Lipinski definition) is 2. The van der Waals surface area contributed by atoms with Gasteiger partial charge >= 0.3 is 0 Å². The van der Waals surface area contributed by atoms with E-state index >= 15 is 0 Å². The first-order valence-electron chi connectivity index (χ1n) is 8.66. The third kappa shape index (κ3) is 3.36. The fourth-order valence-corrected chi connectivity index (χ4v) is 5.53. The van der Waals surface area contributed by atoms with E-state index in [2.05, 4.69) is 5.92 Å². The lowest BCUT2D eigenvalue weighted by Crippen LogP contribution is -2.59. The summed E-state index contributed by atoms with van der Waals surface area (Å²) in [7, 11) is -4.17. The molecule has 1 heterocycles. The molecule has 1 atom stereocenters. The summed E-state index contributed by atoms with van der Waals surface area (Å²) in [5.41, 5.74) is 1.50. The van der Waals surface area contributed by atoms with Crippen LogP contribution in [0.4, 0.5) is 0 Å². The summed E-state index contributed by atoms with van der Waals surface area (Å²) in [4.78, 5) is 11.9. The number of benzene rings is 2. The van der Waals surface area contributed by atoms with Crippen LogP contribution in [-0.2, 0) is 14.6 Å². The Bertz CT molecular complexity index is 984. The molecule has 1 amide bonds. The maximum Gasteiger partial charge on any atom is 0.279 e. The van der Waals surface area contributed by atoms with Crippen LogP contribution in [0.5, 0.6) is 11.5 Å². The first-order chi connectivity index (χ1) is 13.5. The summed E-state index contributed by atoms with van der Waals surface area (Å²) in [6.07, 6.45) is 5.84. The van der Waals surface area contributed by atoms with Crippen LogP contribution in [0.25, 0.3) is 0 Å². The second kappa shape index (κ2) is 8.02. The number of carbonyl (C=O) groups excluding carboxylic acids is 1. The molecule has 0 spiro atoms. The van der Waals surface area contributed by atoms with E-state index in [1.807, 2.05) is 18.2 Å². The van der Waals surface area contributed by atoms with Gasteiger partial charge in [0.2, 0.25) is 14.7 Å². The number of rotatable bonds is 6. The van der Waals surface area contributed by atoms with Crippen LogP contribution < -0.4 is 10.2 Å². The van der Waals surface area contributed by atoms with Crippen molar-refractivity contribution in [2.45, 2.75) is 22.6 Å². The molecule has 0 saturated carbocycles. The lowest BCUT2D eigenvalue weighted by Gasteiger charge is -2.34. The predicted octanol–water partition coefficient (Wildman–Crippen LogP) is 2.18. The summed E-state index contributed by atoms with van der Waals surface area (Å²) in [6.45, 7) is 0.313. The largest absolute Gasteiger partial charge is 0.457 e. The molecule has 0 aliphatic carbocycles. The third-order valence-corrected chi connectivity index (χ3v) is 7.18. The van der Waals surface area contributed by atoms with Crippen LogP contribution in [0.1, 0.15) is 12.8 Å². The molecule has 2 aromatic carbocycles. The average molecular weight is 400 g/mol. The Hall–Kier alpha value is -2.86. The van der Waals surface area contributed by atoms with Gasteiger partial charge in [-0.15, -0.1) is 6.42 Å². The van der Waals surface area contributed by atoms with E-state index in [1.54, 1.807) is 12.1 Å². The fraction of sp³-hybridized carbons (Fsp3) is 0.250. The van der Waals surface area contributed by atoms with Crippen LogP contribution >= 0.6 is 0 Å². The quantitative estimate of drug-likeness (QED) is 0.438. The van der Waals surface area contributed by atoms with Gasteiger partial charge in [0, 0.05) is 6.54 Å². The Balaban J connectivity index is 1.96. The minimum atomic E-state index is -4.17. The highest BCUT2D eigenvalue weighted by atomic mass is 32.2. The molecule has 1 saturated heterocycles. The summed E-state index contributed by atoms with van der Waals surface area (Å²) in [5.74, 6) is 2.45. The smallest absolute Gasteiger partial charge is 0.279 e. The van der Waals surface area contributed by atoms with Gasteiger partial charge in [0.05, 0.1) is 11.4 Å². The van der Waals surface area contributed by atoms with Gasteiger partial charge in [-0.2, -0.15) is 0 Å². The van der Waals surface area contributed by atoms with Crippen molar-refractivity contribution in [3.8, 4) is 23.8 Å². The first-order valence-corrected chi connectivity index (χ1v) is 10.1. The van der Waals surface area contributed by atoms with Crippen molar-refractivity contribution in [3.05, 3.63) is 54.6 Å². The van der Waals surface area contributed by atoms with Crippen molar-refractivity contribution in [2.75, 3.05) is 13.1 Å². The SMILES string of the molecule is C#CCN1CCC[C@@]1(C(=O)NO)S(=O)(=O)c1ccc(Oc2ccccc2)cc1. The van der Waals surface area contributed by atoms with E-state index in [-0.39, 0.29) is 17.9 Å². The average Bonchev–Trinajstić information content (AvgIpc) is 3.14. The number of nitrogens with one attached hydrogen (secondary N) is 1. The maximum atomic E-state index is 13.4. The Labute approximate surface area is 163 Å². The van der Waals surface area contributed by atoms with Gasteiger partial charge in [0.15, 0.2) is 0 Å². The van der Waals surface area contributed by atoms with Crippen molar-refractivity contribution in [1.29, 1.82) is 0 Å². The Kier molecular flexibility index (Phi) is 5.70. The minimum absolute atomic E-state index is 0.0259. The number of para-hydroxylation sites is 1. The summed E-state index contributed by atoms with van der Waals surface area (Å²) < 4.78 is 32.5. The number of likely N-dealkylation sites (tertiary alicyclic amines) is 1. The molecule has 0 aromatic heterocycles. The van der Waals surface area contributed by atoms with E-state index in [4.69, 9.17) is 11.2 Å². The molecule has 28 heavy (non-hydrogen) atoms. The minimum Gasteiger partial charge on any atom is -0.457 e. The fourth-order valence-electron chi connectivity index (χ4n) is 3.44. The zero-order valence-corrected chi connectivity index (χ0v) is 15.9. The van der Waals surface area contributed by atoms with E-state index in [0.29, 0.717) is 24.5 Å². The van der Waals surface area contributed by atoms with E-state index in [9.17, 15) is 18.4 Å². The summed E-state index contributed by atoms with van der Waals surface area (Å²) in [6, 6.07) is 14.9. The van der Waals surface area contributed by atoms with Crippen molar-refractivity contribution < 1.29 is 23.2 Å². The lowest BCUT2D eigenvalue weighted by atomic mass is 10.2. The Morgan fingerprint density at radius 1 is 1.18 bits per heavy atom. The molecule has 0 unspecified atom stereocenters. The molecule has 1 fully saturated rings. The van der Waals surface area contributed by atoms with Crippen LogP contribution in [0.2, 0.25) is 0 Å². The van der Waals surface area contributed by atoms with Crippen LogP contribution in [0.15, 0.2) is 59.5 Å². The number of nitrogens with zero attached hydrogens (tertiary/aromatic N) is 1. The molecule has 8 heteroatoms. The maximum absolute atomic E-state index is 13.4. The summed E-state index contributed by atoms with van der Waals surface area (Å²) >= 11 is 0. The second-order valence-corrected chi connectivity index (χ2v) is 8.50. The van der Waals surface area contributed by atoms with Gasteiger partial charge in [0.25, 0.3) is 5.91 Å². The zero-order valence-electron chi connectivity index (χ0n) is 15.0. The Morgan fingerprint density at radius 3 is 2.43 bits per heavy atom. The molecule has 1 aliphatic rings. The number of sulfone groups is 1. The molecular formula is C20H20N2O5S. The molecule has 7 nitrogen and oxygen atoms in total. The molecule has 2 N–H and O–H groups in total. The van der Waals surface area contributed by atoms with Gasteiger partial charge < -0.3 is 4.74 Å². The normalized spacial score (nSPS) is 19.7. The molecule has 146 valence electrons. The number of amides is 1. The molecule has 0 bridgehead atoms. The van der Waals surface area contributed by atoms with Gasteiger partial charge in [-0.05, 0) is 49.2 Å². The number of carbonyl (C=O) groups is 1. The predicted molar refractivity (Wildman–Crippen MR) is 102 cm³/mol. The highest BCUT2D eigenvalue weighted by Crippen LogP contribution is 2.39. The molecule has 2 aromatic rings. The molecule has 1 aliphatic heterocycles. The highest BCUT2D eigenvalue weighted by Gasteiger charge is 2.58. The van der Waals surface area contributed by atoms with E-state index < -0.39 is 20.6 Å². The number of terminal acetylenes is 1. The lowest BCUT2D eigenvalue weighted by molar-refractivity contribution is -0.135. The van der Waals surface area contributed by atoms with Crippen molar-refractivity contribution in [3.63, 3.8) is 0 Å². The zero-order chi connectivity index (χ0) is 20.2. The van der Waals surface area contributed by atoms with Gasteiger partial charge in [-0.25, -0.2) is 13.9 Å². The van der Waals surface area contributed by atoms with E-state index in [1.165, 1.54) is 34.6 Å². The van der Waals surface area contributed by atoms with Crippen molar-refractivity contribution in [2.24, 2.45) is 0 Å². The van der Waals surface area contributed by atoms with Crippen molar-refractivity contribution in [1.82, 2.24) is 10.4 Å². The molecular weight excluding hydrogens is 380 g/mol. The summed E-state index contributed by atoms with van der Waals surface area (Å²) in [5, 5.41) is 9.20. The molecule has 3 rings (SSSR count). The second-order valence-electron chi connectivity index (χ2n) is 6.34. The van der Waals surface area contributed by atoms with Crippen LogP contribution in [-0.4, -0.2) is 42.4 Å². The van der Waals surface area contributed by atoms with E-state index in [0.717, 1.165) is 0 Å². The van der Waals surface area contributed by atoms with Gasteiger partial charge in [-0.3, -0.25) is 14.9 Å². The molecule has 0 radical (unpaired) electrons. The number of ether oxygens (including phenoxy) is 1. The standard InChI is InChI=1S/C20H20N2O5S/c1-2-14-22-15-6-13-20(22,19(23)21-24)28(25,26)18-11-9-17(10-12-18)27-16-7-4-3-5-8-16/h1,3-5,7-12,24H,6,13-15H2,(H,21,23)/t20-/m0/s1. The first kappa shape index (κ1) is 19.9. The van der Waals surface area contributed by atoms with Crippen molar-refractivity contribution >= 4 is 15.7 Å². The topological polar surface area (TPSA) is 95.9 Å². The van der Waals surface area contributed by atoms with Crippen LogP contribution in [0, 0.1) is 12.3 Å².